The van der Waals surface area contributed by atoms with Crippen molar-refractivity contribution in [2.45, 2.75) is 6.61 Å². The number of nitrogens with zero attached hydrogens (tertiary/aromatic N) is 1. The Hall–Kier alpha value is -1.23. The predicted molar refractivity (Wildman–Crippen MR) is 68.9 cm³/mol. The summed E-state index contributed by atoms with van der Waals surface area (Å²) in [5, 5.41) is 10.1. The molecule has 0 aliphatic carbocycles. The van der Waals surface area contributed by atoms with Crippen LogP contribution in [-0.2, 0) is 6.61 Å². The van der Waals surface area contributed by atoms with E-state index in [1.54, 1.807) is 22.7 Å². The molecule has 0 saturated carbocycles. The third kappa shape index (κ3) is 1.65. The Morgan fingerprint density at radius 2 is 1.94 bits per heavy atom. The van der Waals surface area contributed by atoms with Gasteiger partial charge in [-0.05, 0) is 24.3 Å². The molecule has 0 saturated heterocycles. The third-order valence-electron chi connectivity index (χ3n) is 2.32. The van der Waals surface area contributed by atoms with Gasteiger partial charge < -0.3 is 5.11 Å². The zero-order valence-electron chi connectivity index (χ0n) is 8.38. The monoisotopic (exact) mass is 247 g/mol. The normalized spacial score (nSPS) is 11.1. The average Bonchev–Trinajstić information content (AvgIpc) is 2.95. The second-order valence-electron chi connectivity index (χ2n) is 3.41. The van der Waals surface area contributed by atoms with Crippen LogP contribution in [0, 0.1) is 0 Å². The van der Waals surface area contributed by atoms with E-state index in [0.29, 0.717) is 0 Å². The molecule has 0 bridgehead atoms. The van der Waals surface area contributed by atoms with Crippen molar-refractivity contribution >= 4 is 32.9 Å². The van der Waals surface area contributed by atoms with Crippen molar-refractivity contribution in [3.8, 4) is 9.88 Å². The number of benzene rings is 1. The Balaban J connectivity index is 2.11. The molecular formula is C12H9NOS2. The number of para-hydroxylation sites is 1. The molecule has 0 aliphatic rings. The number of aromatic nitrogens is 1. The average molecular weight is 247 g/mol. The topological polar surface area (TPSA) is 33.1 Å². The molecule has 4 heteroatoms. The van der Waals surface area contributed by atoms with Crippen molar-refractivity contribution in [2.24, 2.45) is 0 Å². The number of hydrogen-bond acceptors (Lipinski definition) is 4. The lowest BCUT2D eigenvalue weighted by molar-refractivity contribution is 0.285. The summed E-state index contributed by atoms with van der Waals surface area (Å²) in [6.45, 7) is 0.107. The van der Waals surface area contributed by atoms with Crippen LogP contribution >= 0.6 is 22.7 Å². The fraction of sp³-hybridized carbons (Fsp3) is 0.0833. The summed E-state index contributed by atoms with van der Waals surface area (Å²) in [5.74, 6) is 0. The van der Waals surface area contributed by atoms with Gasteiger partial charge in [0, 0.05) is 4.88 Å². The van der Waals surface area contributed by atoms with Crippen molar-refractivity contribution in [1.29, 1.82) is 0 Å². The Bertz CT molecular complexity index is 594. The van der Waals surface area contributed by atoms with Crippen LogP contribution in [0.5, 0.6) is 0 Å². The molecular weight excluding hydrogens is 238 g/mol. The van der Waals surface area contributed by atoms with E-state index in [9.17, 15) is 0 Å². The number of aliphatic hydroxyl groups excluding tert-OH is 1. The van der Waals surface area contributed by atoms with E-state index >= 15 is 0 Å². The minimum Gasteiger partial charge on any atom is -0.391 e. The molecule has 1 N–H and O–H groups in total. The van der Waals surface area contributed by atoms with Crippen LogP contribution in [-0.4, -0.2) is 10.1 Å². The standard InChI is InChI=1S/C12H9NOS2/c14-7-8-5-6-11(15-8)12-13-9-3-1-2-4-10(9)16-12/h1-6,14H,7H2. The summed E-state index contributed by atoms with van der Waals surface area (Å²) < 4.78 is 1.21. The Morgan fingerprint density at radius 3 is 2.69 bits per heavy atom. The summed E-state index contributed by atoms with van der Waals surface area (Å²) in [4.78, 5) is 6.69. The van der Waals surface area contributed by atoms with E-state index < -0.39 is 0 Å². The highest BCUT2D eigenvalue weighted by Crippen LogP contribution is 2.34. The first-order valence-electron chi connectivity index (χ1n) is 4.92. The van der Waals surface area contributed by atoms with Gasteiger partial charge in [0.15, 0.2) is 0 Å². The fourth-order valence-electron chi connectivity index (χ4n) is 1.56. The summed E-state index contributed by atoms with van der Waals surface area (Å²) in [6, 6.07) is 12.1. The van der Waals surface area contributed by atoms with Gasteiger partial charge in [0.2, 0.25) is 0 Å². The van der Waals surface area contributed by atoms with Gasteiger partial charge >= 0.3 is 0 Å². The molecule has 0 fully saturated rings. The molecule has 0 atom stereocenters. The molecule has 0 radical (unpaired) electrons. The quantitative estimate of drug-likeness (QED) is 0.751. The summed E-state index contributed by atoms with van der Waals surface area (Å²) in [6.07, 6.45) is 0. The van der Waals surface area contributed by atoms with Crippen molar-refractivity contribution in [3.05, 3.63) is 41.3 Å². The number of hydrogen-bond donors (Lipinski definition) is 1. The van der Waals surface area contributed by atoms with Gasteiger partial charge in [-0.2, -0.15) is 0 Å². The van der Waals surface area contributed by atoms with Gasteiger partial charge in [-0.1, -0.05) is 12.1 Å². The van der Waals surface area contributed by atoms with Crippen LogP contribution in [0.3, 0.4) is 0 Å². The zero-order valence-corrected chi connectivity index (χ0v) is 10.0. The number of thiazole rings is 1. The van der Waals surface area contributed by atoms with E-state index in [-0.39, 0.29) is 6.61 Å². The molecule has 0 spiro atoms. The summed E-state index contributed by atoms with van der Waals surface area (Å²) in [5.41, 5.74) is 1.04. The Kier molecular flexibility index (Phi) is 2.47. The lowest BCUT2D eigenvalue weighted by Gasteiger charge is -1.86. The molecule has 1 aromatic carbocycles. The van der Waals surface area contributed by atoms with Gasteiger partial charge in [-0.25, -0.2) is 4.98 Å². The second-order valence-corrected chi connectivity index (χ2v) is 5.61. The highest BCUT2D eigenvalue weighted by atomic mass is 32.1. The van der Waals surface area contributed by atoms with E-state index in [4.69, 9.17) is 5.11 Å². The molecule has 16 heavy (non-hydrogen) atoms. The van der Waals surface area contributed by atoms with E-state index in [1.807, 2.05) is 30.3 Å². The van der Waals surface area contributed by atoms with Crippen LogP contribution in [0.25, 0.3) is 20.1 Å². The van der Waals surface area contributed by atoms with Crippen LogP contribution in [0.15, 0.2) is 36.4 Å². The third-order valence-corrected chi connectivity index (χ3v) is 4.60. The fourth-order valence-corrected chi connectivity index (χ4v) is 3.44. The molecule has 2 aromatic heterocycles. The predicted octanol–water partition coefficient (Wildman–Crippen LogP) is 3.52. The largest absolute Gasteiger partial charge is 0.391 e. The lowest BCUT2D eigenvalue weighted by Crippen LogP contribution is -1.70. The van der Waals surface area contributed by atoms with Gasteiger partial charge in [0.1, 0.15) is 5.01 Å². The van der Waals surface area contributed by atoms with Gasteiger partial charge in [0.05, 0.1) is 21.7 Å². The zero-order chi connectivity index (χ0) is 11.0. The first-order valence-corrected chi connectivity index (χ1v) is 6.55. The minimum atomic E-state index is 0.107. The molecule has 2 heterocycles. The van der Waals surface area contributed by atoms with Gasteiger partial charge in [-0.3, -0.25) is 0 Å². The molecule has 3 aromatic rings. The molecule has 0 unspecified atom stereocenters. The number of fused-ring (bicyclic) bond motifs is 1. The number of aliphatic hydroxyl groups is 1. The second kappa shape index (κ2) is 3.97. The van der Waals surface area contributed by atoms with Crippen molar-refractivity contribution in [3.63, 3.8) is 0 Å². The van der Waals surface area contributed by atoms with E-state index in [1.165, 1.54) is 4.70 Å². The van der Waals surface area contributed by atoms with Crippen molar-refractivity contribution < 1.29 is 5.11 Å². The number of thiophene rings is 1. The first-order chi connectivity index (χ1) is 7.86. The maximum absolute atomic E-state index is 9.03. The van der Waals surface area contributed by atoms with Crippen molar-refractivity contribution in [1.82, 2.24) is 4.98 Å². The SMILES string of the molecule is OCc1ccc(-c2nc3ccccc3s2)s1. The highest BCUT2D eigenvalue weighted by Gasteiger charge is 2.07. The summed E-state index contributed by atoms with van der Waals surface area (Å²) in [7, 11) is 0. The maximum atomic E-state index is 9.03. The maximum Gasteiger partial charge on any atom is 0.134 e. The minimum absolute atomic E-state index is 0.107. The van der Waals surface area contributed by atoms with E-state index in [2.05, 4.69) is 11.1 Å². The Labute approximate surface area is 101 Å². The van der Waals surface area contributed by atoms with Crippen LogP contribution in [0.2, 0.25) is 0 Å². The van der Waals surface area contributed by atoms with Crippen LogP contribution in [0.1, 0.15) is 4.88 Å². The molecule has 0 amide bonds. The van der Waals surface area contributed by atoms with Crippen molar-refractivity contribution in [2.75, 3.05) is 0 Å². The van der Waals surface area contributed by atoms with E-state index in [0.717, 1.165) is 20.3 Å². The molecule has 3 rings (SSSR count). The molecule has 2 nitrogen and oxygen atoms in total. The summed E-state index contributed by atoms with van der Waals surface area (Å²) >= 11 is 3.29. The van der Waals surface area contributed by atoms with Crippen LogP contribution < -0.4 is 0 Å². The number of rotatable bonds is 2. The first kappa shape index (κ1) is 9.96. The Morgan fingerprint density at radius 1 is 1.06 bits per heavy atom. The van der Waals surface area contributed by atoms with Gasteiger partial charge in [0.25, 0.3) is 0 Å². The molecule has 0 aliphatic heterocycles. The van der Waals surface area contributed by atoms with Gasteiger partial charge in [-0.15, -0.1) is 22.7 Å². The van der Waals surface area contributed by atoms with Crippen LogP contribution in [0.4, 0.5) is 0 Å². The molecule has 80 valence electrons. The highest BCUT2D eigenvalue weighted by molar-refractivity contribution is 7.25. The smallest absolute Gasteiger partial charge is 0.134 e. The lowest BCUT2D eigenvalue weighted by atomic mass is 10.3.